The highest BCUT2D eigenvalue weighted by atomic mass is 19.4. The van der Waals surface area contributed by atoms with Gasteiger partial charge >= 0.3 is 24.2 Å². The Morgan fingerprint density at radius 2 is 1.17 bits per heavy atom. The number of carbonyl (C=O) groups is 2. The van der Waals surface area contributed by atoms with Gasteiger partial charge in [-0.2, -0.15) is 26.3 Å². The van der Waals surface area contributed by atoms with Crippen molar-refractivity contribution in [2.45, 2.75) is 32.1 Å². The minimum Gasteiger partial charge on any atom is -0.318 e. The SMILES string of the molecule is CC(C)c1cc(NC(=O)C(F)(F)F)cc(NC(=O)C(F)(F)F)c1. The second-order valence-electron chi connectivity index (χ2n) is 4.90. The first-order valence-electron chi connectivity index (χ1n) is 6.22. The monoisotopic (exact) mass is 342 g/mol. The molecular weight excluding hydrogens is 330 g/mol. The molecular formula is C13H12F6N2O2. The van der Waals surface area contributed by atoms with Gasteiger partial charge in [0.25, 0.3) is 0 Å². The van der Waals surface area contributed by atoms with Crippen LogP contribution in [0, 0.1) is 0 Å². The van der Waals surface area contributed by atoms with Gasteiger partial charge in [-0.15, -0.1) is 0 Å². The second-order valence-corrected chi connectivity index (χ2v) is 4.90. The summed E-state index contributed by atoms with van der Waals surface area (Å²) in [5, 5.41) is 3.07. The smallest absolute Gasteiger partial charge is 0.318 e. The maximum atomic E-state index is 12.2. The highest BCUT2D eigenvalue weighted by Gasteiger charge is 2.40. The Morgan fingerprint density at radius 3 is 1.43 bits per heavy atom. The molecule has 2 amide bonds. The van der Waals surface area contributed by atoms with E-state index < -0.39 is 24.2 Å². The molecule has 0 bridgehead atoms. The van der Waals surface area contributed by atoms with E-state index in [4.69, 9.17) is 0 Å². The predicted octanol–water partition coefficient (Wildman–Crippen LogP) is 3.81. The molecule has 0 aliphatic heterocycles. The van der Waals surface area contributed by atoms with Crippen molar-refractivity contribution in [1.29, 1.82) is 0 Å². The van der Waals surface area contributed by atoms with Gasteiger partial charge in [-0.3, -0.25) is 9.59 Å². The van der Waals surface area contributed by atoms with Gasteiger partial charge in [-0.1, -0.05) is 13.8 Å². The third kappa shape index (κ3) is 5.46. The molecule has 1 aromatic rings. The van der Waals surface area contributed by atoms with E-state index >= 15 is 0 Å². The lowest BCUT2D eigenvalue weighted by Crippen LogP contribution is -2.31. The van der Waals surface area contributed by atoms with E-state index in [9.17, 15) is 35.9 Å². The quantitative estimate of drug-likeness (QED) is 0.821. The van der Waals surface area contributed by atoms with Crippen LogP contribution < -0.4 is 10.6 Å². The lowest BCUT2D eigenvalue weighted by atomic mass is 10.0. The predicted molar refractivity (Wildman–Crippen MR) is 69.9 cm³/mol. The largest absolute Gasteiger partial charge is 0.471 e. The van der Waals surface area contributed by atoms with E-state index in [2.05, 4.69) is 0 Å². The van der Waals surface area contributed by atoms with Crippen LogP contribution in [0.1, 0.15) is 25.3 Å². The number of amides is 2. The van der Waals surface area contributed by atoms with Gasteiger partial charge in [0.1, 0.15) is 0 Å². The summed E-state index contributed by atoms with van der Waals surface area (Å²) >= 11 is 0. The van der Waals surface area contributed by atoms with Crippen LogP contribution in [0.25, 0.3) is 0 Å². The molecule has 1 aromatic carbocycles. The lowest BCUT2D eigenvalue weighted by molar-refractivity contribution is -0.167. The Morgan fingerprint density at radius 1 is 0.826 bits per heavy atom. The number of alkyl halides is 6. The van der Waals surface area contributed by atoms with E-state index in [1.807, 2.05) is 0 Å². The fourth-order valence-electron chi connectivity index (χ4n) is 1.53. The van der Waals surface area contributed by atoms with Crippen LogP contribution >= 0.6 is 0 Å². The molecule has 0 aliphatic carbocycles. The van der Waals surface area contributed by atoms with E-state index in [1.54, 1.807) is 13.8 Å². The molecule has 10 heteroatoms. The van der Waals surface area contributed by atoms with Crippen molar-refractivity contribution in [3.63, 3.8) is 0 Å². The molecule has 0 heterocycles. The summed E-state index contributed by atoms with van der Waals surface area (Å²) in [5.41, 5.74) is -0.422. The van der Waals surface area contributed by atoms with Crippen LogP contribution in [0.3, 0.4) is 0 Å². The number of anilines is 2. The molecule has 0 fully saturated rings. The normalized spacial score (nSPS) is 12.2. The molecule has 23 heavy (non-hydrogen) atoms. The molecule has 0 unspecified atom stereocenters. The molecule has 1 rings (SSSR count). The Hall–Kier alpha value is -2.26. The van der Waals surface area contributed by atoms with Gasteiger partial charge in [0.05, 0.1) is 0 Å². The van der Waals surface area contributed by atoms with E-state index in [0.717, 1.165) is 6.07 Å². The zero-order valence-corrected chi connectivity index (χ0v) is 11.9. The van der Waals surface area contributed by atoms with Crippen LogP contribution in [-0.4, -0.2) is 24.2 Å². The summed E-state index contributed by atoms with van der Waals surface area (Å²) in [6, 6.07) is 3.16. The lowest BCUT2D eigenvalue weighted by Gasteiger charge is -2.15. The molecule has 0 saturated heterocycles. The summed E-state index contributed by atoms with van der Waals surface area (Å²) in [5.74, 6) is -4.81. The van der Waals surface area contributed by atoms with E-state index in [1.165, 1.54) is 22.8 Å². The third-order valence-corrected chi connectivity index (χ3v) is 2.65. The molecule has 4 nitrogen and oxygen atoms in total. The zero-order chi connectivity index (χ0) is 18.0. The number of benzene rings is 1. The summed E-state index contributed by atoms with van der Waals surface area (Å²) in [7, 11) is 0. The van der Waals surface area contributed by atoms with Gasteiger partial charge in [0, 0.05) is 11.4 Å². The van der Waals surface area contributed by atoms with Crippen molar-refractivity contribution in [3.05, 3.63) is 23.8 Å². The average Bonchev–Trinajstić information content (AvgIpc) is 2.35. The fraction of sp³-hybridized carbons (Fsp3) is 0.385. The number of halogens is 6. The molecule has 0 atom stereocenters. The summed E-state index contributed by atoms with van der Waals surface area (Å²) in [4.78, 5) is 21.8. The van der Waals surface area contributed by atoms with Gasteiger partial charge in [-0.05, 0) is 29.7 Å². The first-order chi connectivity index (χ1) is 10.3. The van der Waals surface area contributed by atoms with E-state index in [-0.39, 0.29) is 17.3 Å². The summed E-state index contributed by atoms with van der Waals surface area (Å²) in [6.45, 7) is 3.28. The Bertz CT molecular complexity index is 561. The van der Waals surface area contributed by atoms with Gasteiger partial charge < -0.3 is 10.6 Å². The number of hydrogen-bond acceptors (Lipinski definition) is 2. The van der Waals surface area contributed by atoms with Crippen molar-refractivity contribution in [2.75, 3.05) is 10.6 Å². The number of nitrogens with one attached hydrogen (secondary N) is 2. The molecule has 2 N–H and O–H groups in total. The second kappa shape index (κ2) is 6.47. The van der Waals surface area contributed by atoms with Crippen molar-refractivity contribution < 1.29 is 35.9 Å². The Labute approximate surface area is 126 Å². The first kappa shape index (κ1) is 18.8. The van der Waals surface area contributed by atoms with Crippen molar-refractivity contribution in [3.8, 4) is 0 Å². The summed E-state index contributed by atoms with van der Waals surface area (Å²) in [6.07, 6.45) is -10.3. The molecule has 0 radical (unpaired) electrons. The molecule has 0 saturated carbocycles. The molecule has 128 valence electrons. The summed E-state index contributed by atoms with van der Waals surface area (Å²) < 4.78 is 73.4. The maximum Gasteiger partial charge on any atom is 0.471 e. The van der Waals surface area contributed by atoms with E-state index in [0.29, 0.717) is 5.56 Å². The number of rotatable bonds is 3. The average molecular weight is 342 g/mol. The number of hydrogen-bond donors (Lipinski definition) is 2. The van der Waals surface area contributed by atoms with Crippen molar-refractivity contribution >= 4 is 23.2 Å². The van der Waals surface area contributed by atoms with Gasteiger partial charge in [0.15, 0.2) is 0 Å². The minimum absolute atomic E-state index is 0.265. The first-order valence-corrected chi connectivity index (χ1v) is 6.22. The molecule has 0 spiro atoms. The Kier molecular flexibility index (Phi) is 5.28. The molecule has 0 aliphatic rings. The minimum atomic E-state index is -5.15. The molecule has 0 aromatic heterocycles. The standard InChI is InChI=1S/C13H12F6N2O2/c1-6(2)7-3-8(20-10(22)12(14,15)16)5-9(4-7)21-11(23)13(17,18)19/h3-6H,1-2H3,(H,20,22)(H,21,23). The topological polar surface area (TPSA) is 58.2 Å². The van der Waals surface area contributed by atoms with Crippen molar-refractivity contribution in [1.82, 2.24) is 0 Å². The third-order valence-electron chi connectivity index (χ3n) is 2.65. The van der Waals surface area contributed by atoms with Crippen molar-refractivity contribution in [2.24, 2.45) is 0 Å². The maximum absolute atomic E-state index is 12.2. The van der Waals surface area contributed by atoms with Crippen LogP contribution in [0.2, 0.25) is 0 Å². The highest BCUT2D eigenvalue weighted by Crippen LogP contribution is 2.27. The van der Waals surface area contributed by atoms with Gasteiger partial charge in [0.2, 0.25) is 0 Å². The van der Waals surface area contributed by atoms with Gasteiger partial charge in [-0.25, -0.2) is 0 Å². The van der Waals surface area contributed by atoms with Crippen LogP contribution in [0.5, 0.6) is 0 Å². The van der Waals surface area contributed by atoms with Crippen LogP contribution in [0.15, 0.2) is 18.2 Å². The number of carbonyl (C=O) groups excluding carboxylic acids is 2. The van der Waals surface area contributed by atoms with Crippen LogP contribution in [-0.2, 0) is 9.59 Å². The Balaban J connectivity index is 3.13. The van der Waals surface area contributed by atoms with Crippen LogP contribution in [0.4, 0.5) is 37.7 Å². The zero-order valence-electron chi connectivity index (χ0n) is 11.9. The fourth-order valence-corrected chi connectivity index (χ4v) is 1.53. The highest BCUT2D eigenvalue weighted by molar-refractivity contribution is 5.98.